The Hall–Kier alpha value is -2.13. The van der Waals surface area contributed by atoms with Gasteiger partial charge in [0.25, 0.3) is 0 Å². The number of hydrogen-bond acceptors (Lipinski definition) is 2. The summed E-state index contributed by atoms with van der Waals surface area (Å²) < 4.78 is 0. The van der Waals surface area contributed by atoms with E-state index in [0.29, 0.717) is 12.8 Å². The Bertz CT molecular complexity index is 719. The van der Waals surface area contributed by atoms with Crippen LogP contribution in [0.5, 0.6) is 0 Å². The molecule has 0 aromatic heterocycles. The van der Waals surface area contributed by atoms with Gasteiger partial charge in [0.15, 0.2) is 0 Å². The molecule has 1 fully saturated rings. The van der Waals surface area contributed by atoms with Gasteiger partial charge < -0.3 is 10.4 Å². The molecule has 3 heteroatoms. The molecule has 1 aliphatic rings. The van der Waals surface area contributed by atoms with Crippen molar-refractivity contribution in [3.8, 4) is 0 Å². The van der Waals surface area contributed by atoms with E-state index in [0.717, 1.165) is 36.8 Å². The van der Waals surface area contributed by atoms with Crippen LogP contribution in [0.4, 0.5) is 0 Å². The minimum Gasteiger partial charge on any atom is -0.378 e. The smallest absolute Gasteiger partial charge is 0.220 e. The predicted octanol–water partition coefficient (Wildman–Crippen LogP) is 4.11. The monoisotopic (exact) mass is 351 g/mol. The third-order valence-corrected chi connectivity index (χ3v) is 5.31. The summed E-state index contributed by atoms with van der Waals surface area (Å²) in [7, 11) is 0. The summed E-state index contributed by atoms with van der Waals surface area (Å²) >= 11 is 0. The average molecular weight is 351 g/mol. The molecule has 1 heterocycles. The Labute approximate surface area is 156 Å². The molecule has 0 unspecified atom stereocenters. The lowest BCUT2D eigenvalue weighted by atomic mass is 9.78. The van der Waals surface area contributed by atoms with Gasteiger partial charge in [-0.15, -0.1) is 0 Å². The van der Waals surface area contributed by atoms with Crippen molar-refractivity contribution in [1.82, 2.24) is 5.32 Å². The van der Waals surface area contributed by atoms with E-state index in [2.05, 4.69) is 43.4 Å². The molecule has 1 saturated heterocycles. The van der Waals surface area contributed by atoms with Crippen molar-refractivity contribution < 1.29 is 9.90 Å². The van der Waals surface area contributed by atoms with Crippen molar-refractivity contribution >= 4 is 5.91 Å². The van der Waals surface area contributed by atoms with Gasteiger partial charge in [0.05, 0.1) is 6.04 Å². The highest BCUT2D eigenvalue weighted by Crippen LogP contribution is 2.37. The van der Waals surface area contributed by atoms with Crippen LogP contribution in [0.1, 0.15) is 61.8 Å². The van der Waals surface area contributed by atoms with Gasteiger partial charge in [-0.2, -0.15) is 0 Å². The molecule has 2 N–H and O–H groups in total. The first kappa shape index (κ1) is 18.7. The van der Waals surface area contributed by atoms with Crippen LogP contribution in [-0.4, -0.2) is 17.1 Å². The molecule has 0 aliphatic carbocycles. The largest absolute Gasteiger partial charge is 0.378 e. The van der Waals surface area contributed by atoms with Crippen LogP contribution < -0.4 is 5.32 Å². The predicted molar refractivity (Wildman–Crippen MR) is 105 cm³/mol. The van der Waals surface area contributed by atoms with Gasteiger partial charge in [-0.1, -0.05) is 75.2 Å². The maximum absolute atomic E-state index is 11.9. The summed E-state index contributed by atoms with van der Waals surface area (Å²) in [4.78, 5) is 11.9. The molecule has 3 nitrogen and oxygen atoms in total. The van der Waals surface area contributed by atoms with E-state index in [4.69, 9.17) is 0 Å². The second kappa shape index (κ2) is 8.05. The van der Waals surface area contributed by atoms with Crippen molar-refractivity contribution in [3.63, 3.8) is 0 Å². The van der Waals surface area contributed by atoms with Crippen LogP contribution in [0.2, 0.25) is 0 Å². The number of hydrogen-bond donors (Lipinski definition) is 2. The first-order valence-corrected chi connectivity index (χ1v) is 9.78. The van der Waals surface area contributed by atoms with E-state index in [1.807, 2.05) is 24.3 Å². The molecule has 2 aromatic rings. The molecule has 2 aromatic carbocycles. The van der Waals surface area contributed by atoms with E-state index in [1.165, 1.54) is 11.1 Å². The molecule has 26 heavy (non-hydrogen) atoms. The zero-order valence-electron chi connectivity index (χ0n) is 15.8. The van der Waals surface area contributed by atoms with Crippen molar-refractivity contribution in [2.75, 3.05) is 0 Å². The molecular weight excluding hydrogens is 322 g/mol. The van der Waals surface area contributed by atoms with Crippen molar-refractivity contribution in [3.05, 3.63) is 70.8 Å². The van der Waals surface area contributed by atoms with Crippen LogP contribution >= 0.6 is 0 Å². The van der Waals surface area contributed by atoms with E-state index in [9.17, 15) is 9.90 Å². The van der Waals surface area contributed by atoms with E-state index >= 15 is 0 Å². The third kappa shape index (κ3) is 3.68. The maximum Gasteiger partial charge on any atom is 0.220 e. The van der Waals surface area contributed by atoms with Crippen molar-refractivity contribution in [1.29, 1.82) is 0 Å². The van der Waals surface area contributed by atoms with Gasteiger partial charge in [0.1, 0.15) is 5.60 Å². The van der Waals surface area contributed by atoms with E-state index in [1.54, 1.807) is 0 Å². The standard InChI is InChI=1S/C23H29NO2/c1-3-7-17-9-5-11-19(15-17)23(26,21-13-14-22(25)24-21)20-12-6-10-18(16-20)8-4-2/h5-6,9-12,15-16,21,26H,3-4,7-8,13-14H2,1-2H3,(H,24,25)/t21-/m1/s1. The summed E-state index contributed by atoms with van der Waals surface area (Å²) in [6.07, 6.45) is 5.21. The molecule has 1 atom stereocenters. The Kier molecular flexibility index (Phi) is 5.77. The molecule has 1 amide bonds. The lowest BCUT2D eigenvalue weighted by Crippen LogP contribution is -2.47. The van der Waals surface area contributed by atoms with Gasteiger partial charge in [0, 0.05) is 6.42 Å². The normalized spacial score (nSPS) is 17.3. The number of amides is 1. The average Bonchev–Trinajstić information content (AvgIpc) is 3.09. The minimum atomic E-state index is -1.21. The Morgan fingerprint density at radius 3 is 1.96 bits per heavy atom. The number of aliphatic hydroxyl groups is 1. The summed E-state index contributed by atoms with van der Waals surface area (Å²) in [6.45, 7) is 4.31. The summed E-state index contributed by atoms with van der Waals surface area (Å²) in [5.74, 6) is 0.0165. The van der Waals surface area contributed by atoms with Gasteiger partial charge in [0.2, 0.25) is 5.91 Å². The van der Waals surface area contributed by atoms with Gasteiger partial charge >= 0.3 is 0 Å². The van der Waals surface area contributed by atoms with Crippen molar-refractivity contribution in [2.45, 2.75) is 64.0 Å². The van der Waals surface area contributed by atoms with Gasteiger partial charge in [-0.3, -0.25) is 4.79 Å². The molecule has 0 saturated carbocycles. The first-order chi connectivity index (χ1) is 12.6. The second-order valence-corrected chi connectivity index (χ2v) is 7.33. The quantitative estimate of drug-likeness (QED) is 0.789. The summed E-state index contributed by atoms with van der Waals surface area (Å²) in [6, 6.07) is 16.1. The maximum atomic E-state index is 11.9. The molecule has 3 rings (SSSR count). The zero-order valence-corrected chi connectivity index (χ0v) is 15.8. The fourth-order valence-electron chi connectivity index (χ4n) is 4.00. The number of aryl methyl sites for hydroxylation is 2. The SMILES string of the molecule is CCCc1cccc(C(O)(c2cccc(CCC)c2)[C@H]2CCC(=O)N2)c1. The summed E-state index contributed by atoms with van der Waals surface area (Å²) in [5, 5.41) is 14.9. The van der Waals surface area contributed by atoms with Gasteiger partial charge in [-0.25, -0.2) is 0 Å². The highest BCUT2D eigenvalue weighted by molar-refractivity contribution is 5.79. The molecule has 0 spiro atoms. The molecule has 0 bridgehead atoms. The second-order valence-electron chi connectivity index (χ2n) is 7.33. The molecule has 138 valence electrons. The highest BCUT2D eigenvalue weighted by Gasteiger charge is 2.43. The zero-order chi connectivity index (χ0) is 18.6. The Balaban J connectivity index is 2.09. The minimum absolute atomic E-state index is 0.0165. The number of carbonyl (C=O) groups is 1. The Morgan fingerprint density at radius 2 is 1.54 bits per heavy atom. The fourth-order valence-corrected chi connectivity index (χ4v) is 4.00. The Morgan fingerprint density at radius 1 is 1.00 bits per heavy atom. The number of nitrogens with one attached hydrogen (secondary N) is 1. The van der Waals surface area contributed by atoms with Crippen molar-refractivity contribution in [2.24, 2.45) is 0 Å². The fraction of sp³-hybridized carbons (Fsp3) is 0.435. The van der Waals surface area contributed by atoms with Crippen LogP contribution in [0.15, 0.2) is 48.5 Å². The first-order valence-electron chi connectivity index (χ1n) is 9.78. The van der Waals surface area contributed by atoms with Crippen LogP contribution in [-0.2, 0) is 23.2 Å². The summed E-state index contributed by atoms with van der Waals surface area (Å²) in [5.41, 5.74) is 2.96. The van der Waals surface area contributed by atoms with Gasteiger partial charge in [-0.05, 0) is 41.5 Å². The number of benzene rings is 2. The van der Waals surface area contributed by atoms with Crippen LogP contribution in [0, 0.1) is 0 Å². The van der Waals surface area contributed by atoms with E-state index < -0.39 is 5.60 Å². The van der Waals surface area contributed by atoms with E-state index in [-0.39, 0.29) is 11.9 Å². The lowest BCUT2D eigenvalue weighted by Gasteiger charge is -2.35. The topological polar surface area (TPSA) is 49.3 Å². The van der Waals surface area contributed by atoms with Crippen LogP contribution in [0.25, 0.3) is 0 Å². The number of rotatable bonds is 7. The van der Waals surface area contributed by atoms with Crippen LogP contribution in [0.3, 0.4) is 0 Å². The number of carbonyl (C=O) groups excluding carboxylic acids is 1. The molecular formula is C23H29NO2. The molecule has 0 radical (unpaired) electrons. The lowest BCUT2D eigenvalue weighted by molar-refractivity contribution is -0.120. The molecule has 1 aliphatic heterocycles. The highest BCUT2D eigenvalue weighted by atomic mass is 16.3. The third-order valence-electron chi connectivity index (χ3n) is 5.31.